The minimum atomic E-state index is -2.79. The fourth-order valence-corrected chi connectivity index (χ4v) is 2.53. The molecule has 3 nitrogen and oxygen atoms in total. The van der Waals surface area contributed by atoms with Crippen molar-refractivity contribution in [3.8, 4) is 0 Å². The monoisotopic (exact) mass is 263 g/mol. The third kappa shape index (κ3) is 9.60. The molecule has 0 rings (SSSR count). The number of nitrogens with one attached hydrogen (secondary N) is 1. The highest BCUT2D eigenvalue weighted by molar-refractivity contribution is 7.91. The van der Waals surface area contributed by atoms with Gasteiger partial charge in [-0.15, -0.1) is 0 Å². The standard InChI is InChI=1S/C13H29NO2S/c1-6-12(11-14-13(3,4)5)9-8-10-17(15,16)7-2/h12,14H,6-11H2,1-5H3. The molecule has 0 aromatic rings. The van der Waals surface area contributed by atoms with Crippen molar-refractivity contribution in [3.63, 3.8) is 0 Å². The van der Waals surface area contributed by atoms with Crippen LogP contribution in [0.3, 0.4) is 0 Å². The molecule has 0 aliphatic heterocycles. The molecule has 0 saturated carbocycles. The van der Waals surface area contributed by atoms with Gasteiger partial charge in [0.25, 0.3) is 0 Å². The van der Waals surface area contributed by atoms with Crippen molar-refractivity contribution in [1.29, 1.82) is 0 Å². The molecule has 4 heteroatoms. The highest BCUT2D eigenvalue weighted by Gasteiger charge is 2.14. The maximum absolute atomic E-state index is 11.4. The van der Waals surface area contributed by atoms with Gasteiger partial charge in [0.1, 0.15) is 9.84 Å². The van der Waals surface area contributed by atoms with Crippen LogP contribution in [0.25, 0.3) is 0 Å². The Kier molecular flexibility index (Phi) is 7.33. The number of hydrogen-bond acceptors (Lipinski definition) is 3. The Hall–Kier alpha value is -0.0900. The zero-order chi connectivity index (χ0) is 13.5. The molecule has 1 atom stereocenters. The molecule has 0 aromatic heterocycles. The molecule has 1 N–H and O–H groups in total. The van der Waals surface area contributed by atoms with Gasteiger partial charge in [0.2, 0.25) is 0 Å². The molecule has 0 radical (unpaired) electrons. The first kappa shape index (κ1) is 16.9. The molecule has 17 heavy (non-hydrogen) atoms. The smallest absolute Gasteiger partial charge is 0.150 e. The largest absolute Gasteiger partial charge is 0.312 e. The van der Waals surface area contributed by atoms with Gasteiger partial charge in [0.05, 0.1) is 5.75 Å². The molecule has 0 fully saturated rings. The molecular weight excluding hydrogens is 234 g/mol. The summed E-state index contributed by atoms with van der Waals surface area (Å²) in [5.41, 5.74) is 0.142. The third-order valence-corrected chi connectivity index (χ3v) is 4.80. The second-order valence-corrected chi connectivity index (χ2v) is 8.26. The minimum Gasteiger partial charge on any atom is -0.312 e. The molecule has 0 saturated heterocycles. The summed E-state index contributed by atoms with van der Waals surface area (Å²) < 4.78 is 22.7. The van der Waals surface area contributed by atoms with Gasteiger partial charge in [0.15, 0.2) is 0 Å². The zero-order valence-electron chi connectivity index (χ0n) is 12.0. The fourth-order valence-electron chi connectivity index (χ4n) is 1.64. The van der Waals surface area contributed by atoms with Crippen molar-refractivity contribution in [2.45, 2.75) is 59.4 Å². The van der Waals surface area contributed by atoms with E-state index in [0.717, 1.165) is 25.8 Å². The van der Waals surface area contributed by atoms with E-state index < -0.39 is 9.84 Å². The average Bonchev–Trinajstić information content (AvgIpc) is 2.21. The van der Waals surface area contributed by atoms with E-state index in [4.69, 9.17) is 0 Å². The lowest BCUT2D eigenvalue weighted by Crippen LogP contribution is -2.39. The second-order valence-electron chi connectivity index (χ2n) is 5.78. The quantitative estimate of drug-likeness (QED) is 0.732. The van der Waals surface area contributed by atoms with Crippen molar-refractivity contribution in [1.82, 2.24) is 5.32 Å². The minimum absolute atomic E-state index is 0.142. The first-order chi connectivity index (χ1) is 7.70. The van der Waals surface area contributed by atoms with Gasteiger partial charge >= 0.3 is 0 Å². The summed E-state index contributed by atoms with van der Waals surface area (Å²) in [6.45, 7) is 11.3. The van der Waals surface area contributed by atoms with Gasteiger partial charge in [-0.2, -0.15) is 0 Å². The molecule has 0 bridgehead atoms. The summed E-state index contributed by atoms with van der Waals surface area (Å²) in [5, 5.41) is 3.49. The maximum atomic E-state index is 11.4. The Balaban J connectivity index is 3.91. The van der Waals surface area contributed by atoms with Crippen LogP contribution in [-0.2, 0) is 9.84 Å². The summed E-state index contributed by atoms with van der Waals surface area (Å²) >= 11 is 0. The Morgan fingerprint density at radius 3 is 2.18 bits per heavy atom. The van der Waals surface area contributed by atoms with Crippen LogP contribution in [0.5, 0.6) is 0 Å². The Labute approximate surface area is 107 Å². The highest BCUT2D eigenvalue weighted by Crippen LogP contribution is 2.12. The van der Waals surface area contributed by atoms with Crippen molar-refractivity contribution in [2.24, 2.45) is 5.92 Å². The van der Waals surface area contributed by atoms with Gasteiger partial charge < -0.3 is 5.32 Å². The normalized spacial score (nSPS) is 14.9. The SMILES string of the molecule is CCC(CCCS(=O)(=O)CC)CNC(C)(C)C. The second kappa shape index (κ2) is 7.37. The van der Waals surface area contributed by atoms with Gasteiger partial charge in [-0.1, -0.05) is 20.3 Å². The molecule has 0 heterocycles. The predicted octanol–water partition coefficient (Wildman–Crippen LogP) is 2.62. The van der Waals surface area contributed by atoms with E-state index in [0.29, 0.717) is 11.7 Å². The lowest BCUT2D eigenvalue weighted by molar-refractivity contribution is 0.350. The number of sulfone groups is 1. The van der Waals surface area contributed by atoms with Crippen molar-refractivity contribution in [3.05, 3.63) is 0 Å². The van der Waals surface area contributed by atoms with Crippen LogP contribution in [0.1, 0.15) is 53.9 Å². The summed E-state index contributed by atoms with van der Waals surface area (Å²) in [6.07, 6.45) is 2.90. The van der Waals surface area contributed by atoms with E-state index >= 15 is 0 Å². The highest BCUT2D eigenvalue weighted by atomic mass is 32.2. The maximum Gasteiger partial charge on any atom is 0.150 e. The fraction of sp³-hybridized carbons (Fsp3) is 1.00. The van der Waals surface area contributed by atoms with E-state index in [1.807, 2.05) is 0 Å². The predicted molar refractivity (Wildman–Crippen MR) is 75.1 cm³/mol. The molecule has 0 aliphatic carbocycles. The first-order valence-corrected chi connectivity index (χ1v) is 8.47. The summed E-state index contributed by atoms with van der Waals surface area (Å²) in [6, 6.07) is 0. The van der Waals surface area contributed by atoms with Crippen molar-refractivity contribution in [2.75, 3.05) is 18.1 Å². The first-order valence-electron chi connectivity index (χ1n) is 6.65. The topological polar surface area (TPSA) is 46.2 Å². The van der Waals surface area contributed by atoms with E-state index in [2.05, 4.69) is 33.0 Å². The van der Waals surface area contributed by atoms with E-state index in [1.165, 1.54) is 0 Å². The Morgan fingerprint density at radius 1 is 1.18 bits per heavy atom. The van der Waals surface area contributed by atoms with E-state index in [9.17, 15) is 8.42 Å². The van der Waals surface area contributed by atoms with E-state index in [-0.39, 0.29) is 11.3 Å². The van der Waals surface area contributed by atoms with Crippen LogP contribution in [-0.4, -0.2) is 32.0 Å². The van der Waals surface area contributed by atoms with Gasteiger partial charge in [0, 0.05) is 11.3 Å². The van der Waals surface area contributed by atoms with Crippen LogP contribution >= 0.6 is 0 Å². The van der Waals surface area contributed by atoms with E-state index in [1.54, 1.807) is 6.92 Å². The zero-order valence-corrected chi connectivity index (χ0v) is 12.9. The molecule has 0 aromatic carbocycles. The van der Waals surface area contributed by atoms with Crippen LogP contribution in [0.2, 0.25) is 0 Å². The molecule has 0 spiro atoms. The van der Waals surface area contributed by atoms with Crippen molar-refractivity contribution >= 4 is 9.84 Å². The van der Waals surface area contributed by atoms with Crippen molar-refractivity contribution < 1.29 is 8.42 Å². The van der Waals surface area contributed by atoms with Gasteiger partial charge in [-0.3, -0.25) is 0 Å². The molecule has 0 aliphatic rings. The lowest BCUT2D eigenvalue weighted by atomic mass is 9.99. The number of rotatable bonds is 8. The average molecular weight is 263 g/mol. The summed E-state index contributed by atoms with van der Waals surface area (Å²) in [4.78, 5) is 0. The Bertz CT molecular complexity index is 291. The molecule has 0 amide bonds. The Morgan fingerprint density at radius 2 is 1.76 bits per heavy atom. The molecule has 104 valence electrons. The van der Waals surface area contributed by atoms with Crippen LogP contribution < -0.4 is 5.32 Å². The van der Waals surface area contributed by atoms with Gasteiger partial charge in [-0.05, 0) is 46.1 Å². The van der Waals surface area contributed by atoms with Gasteiger partial charge in [-0.25, -0.2) is 8.42 Å². The summed E-state index contributed by atoms with van der Waals surface area (Å²) in [7, 11) is -2.79. The molecule has 1 unspecified atom stereocenters. The third-order valence-electron chi connectivity index (χ3n) is 3.01. The lowest BCUT2D eigenvalue weighted by Gasteiger charge is -2.24. The molecular formula is C13H29NO2S. The van der Waals surface area contributed by atoms with Crippen LogP contribution in [0, 0.1) is 5.92 Å². The van der Waals surface area contributed by atoms with Crippen LogP contribution in [0.4, 0.5) is 0 Å². The van der Waals surface area contributed by atoms with Crippen LogP contribution in [0.15, 0.2) is 0 Å². The number of hydrogen-bond donors (Lipinski definition) is 1. The summed E-state index contributed by atoms with van der Waals surface area (Å²) in [5.74, 6) is 1.20.